The van der Waals surface area contributed by atoms with Crippen molar-refractivity contribution < 1.29 is 13.9 Å². The lowest BCUT2D eigenvalue weighted by molar-refractivity contribution is 0.0290. The van der Waals surface area contributed by atoms with Gasteiger partial charge in [-0.25, -0.2) is 0 Å². The molecule has 26 heavy (non-hydrogen) atoms. The Balaban J connectivity index is 1.87. The third kappa shape index (κ3) is 3.93. The van der Waals surface area contributed by atoms with E-state index in [2.05, 4.69) is 25.8 Å². The van der Waals surface area contributed by atoms with Crippen molar-refractivity contribution in [3.05, 3.63) is 54.0 Å². The molecule has 1 saturated heterocycles. The van der Waals surface area contributed by atoms with Gasteiger partial charge in [0.1, 0.15) is 5.75 Å². The molecule has 0 radical (unpaired) electrons. The van der Waals surface area contributed by atoms with Crippen LogP contribution in [-0.2, 0) is 6.54 Å². The maximum atomic E-state index is 13.2. The fourth-order valence-electron chi connectivity index (χ4n) is 3.76. The van der Waals surface area contributed by atoms with E-state index in [9.17, 15) is 4.79 Å². The van der Waals surface area contributed by atoms with Gasteiger partial charge in [0, 0.05) is 25.2 Å². The second-order valence-corrected chi connectivity index (χ2v) is 7.33. The predicted molar refractivity (Wildman–Crippen MR) is 101 cm³/mol. The summed E-state index contributed by atoms with van der Waals surface area (Å²) < 4.78 is 10.6. The quantitative estimate of drug-likeness (QED) is 0.820. The average Bonchev–Trinajstić information content (AvgIpc) is 3.18. The number of likely N-dealkylation sites (tertiary alicyclic amines) is 1. The molecule has 3 rings (SSSR count). The fraction of sp³-hybridized carbons (Fsp3) is 0.476. The fourth-order valence-corrected chi connectivity index (χ4v) is 3.76. The number of benzene rings is 1. The van der Waals surface area contributed by atoms with E-state index in [1.807, 2.05) is 29.2 Å². The van der Waals surface area contributed by atoms with Gasteiger partial charge in [0.2, 0.25) is 0 Å². The van der Waals surface area contributed by atoms with Crippen LogP contribution in [0.5, 0.6) is 5.75 Å². The van der Waals surface area contributed by atoms with E-state index in [0.29, 0.717) is 24.3 Å². The maximum absolute atomic E-state index is 13.2. The molecule has 1 aromatic heterocycles. The van der Waals surface area contributed by atoms with Crippen LogP contribution < -0.4 is 4.74 Å². The molecule has 0 saturated carbocycles. The van der Waals surface area contributed by atoms with E-state index >= 15 is 0 Å². The average molecular weight is 356 g/mol. The summed E-state index contributed by atoms with van der Waals surface area (Å²) >= 11 is 0. The van der Waals surface area contributed by atoms with Crippen LogP contribution in [0.4, 0.5) is 0 Å². The van der Waals surface area contributed by atoms with Gasteiger partial charge in [-0.3, -0.25) is 4.79 Å². The summed E-state index contributed by atoms with van der Waals surface area (Å²) in [6, 6.07) is 12.0. The number of hydrogen-bond acceptors (Lipinski definition) is 4. The monoisotopic (exact) mass is 356 g/mol. The van der Waals surface area contributed by atoms with Crippen molar-refractivity contribution in [3.8, 4) is 5.75 Å². The minimum atomic E-state index is -0.0422. The Labute approximate surface area is 155 Å². The molecule has 3 atom stereocenters. The van der Waals surface area contributed by atoms with Gasteiger partial charge in [-0.05, 0) is 56.1 Å². The first kappa shape index (κ1) is 18.5. The Morgan fingerprint density at radius 3 is 2.62 bits per heavy atom. The van der Waals surface area contributed by atoms with Crippen LogP contribution in [0.1, 0.15) is 36.4 Å². The second kappa shape index (κ2) is 7.96. The predicted octanol–water partition coefficient (Wildman–Crippen LogP) is 3.66. The molecule has 1 aliphatic rings. The Morgan fingerprint density at radius 1 is 1.27 bits per heavy atom. The van der Waals surface area contributed by atoms with Gasteiger partial charge in [0.15, 0.2) is 5.76 Å². The van der Waals surface area contributed by atoms with Crippen LogP contribution in [-0.4, -0.2) is 48.5 Å². The Kier molecular flexibility index (Phi) is 5.67. The smallest absolute Gasteiger partial charge is 0.290 e. The molecule has 1 aromatic carbocycles. The molecule has 1 fully saturated rings. The number of carbonyl (C=O) groups is 1. The first-order chi connectivity index (χ1) is 12.5. The van der Waals surface area contributed by atoms with Crippen LogP contribution in [0.3, 0.4) is 0 Å². The summed E-state index contributed by atoms with van der Waals surface area (Å²) in [6.45, 7) is 6.00. The summed E-state index contributed by atoms with van der Waals surface area (Å²) in [7, 11) is 3.81. The number of nitrogens with zero attached hydrogens (tertiary/aromatic N) is 2. The molecule has 1 amide bonds. The first-order valence-corrected chi connectivity index (χ1v) is 9.17. The van der Waals surface area contributed by atoms with Crippen molar-refractivity contribution in [1.82, 2.24) is 9.80 Å². The minimum Gasteiger partial charge on any atom is -0.497 e. The number of furan rings is 1. The van der Waals surface area contributed by atoms with Gasteiger partial charge >= 0.3 is 0 Å². The molecule has 2 aromatic rings. The molecule has 1 aliphatic heterocycles. The number of carbonyl (C=O) groups excluding carboxylic acids is 1. The minimum absolute atomic E-state index is 0.0422. The van der Waals surface area contributed by atoms with Gasteiger partial charge in [-0.15, -0.1) is 0 Å². The molecule has 5 heteroatoms. The van der Waals surface area contributed by atoms with Gasteiger partial charge in [-0.2, -0.15) is 0 Å². The maximum Gasteiger partial charge on any atom is 0.290 e. The van der Waals surface area contributed by atoms with Crippen LogP contribution in [0.15, 0.2) is 47.1 Å². The van der Waals surface area contributed by atoms with Crippen LogP contribution in [0.25, 0.3) is 0 Å². The summed E-state index contributed by atoms with van der Waals surface area (Å²) in [4.78, 5) is 17.5. The van der Waals surface area contributed by atoms with E-state index in [1.165, 1.54) is 0 Å². The topological polar surface area (TPSA) is 45.9 Å². The highest BCUT2D eigenvalue weighted by Gasteiger charge is 2.36. The lowest BCUT2D eigenvalue weighted by Crippen LogP contribution is -2.53. The van der Waals surface area contributed by atoms with Gasteiger partial charge in [0.05, 0.1) is 13.4 Å². The van der Waals surface area contributed by atoms with Gasteiger partial charge < -0.3 is 19.0 Å². The second-order valence-electron chi connectivity index (χ2n) is 7.33. The Hall–Kier alpha value is -2.27. The van der Waals surface area contributed by atoms with Crippen LogP contribution >= 0.6 is 0 Å². The first-order valence-electron chi connectivity index (χ1n) is 9.17. The van der Waals surface area contributed by atoms with E-state index in [4.69, 9.17) is 9.15 Å². The summed E-state index contributed by atoms with van der Waals surface area (Å²) in [5, 5.41) is 0. The number of rotatable bonds is 5. The molecule has 140 valence electrons. The van der Waals surface area contributed by atoms with Crippen molar-refractivity contribution >= 4 is 5.91 Å². The summed E-state index contributed by atoms with van der Waals surface area (Å²) in [5.41, 5.74) is 1.09. The molecular formula is C21H28N2O3. The normalized spacial score (nSPS) is 23.6. The molecular weight excluding hydrogens is 328 g/mol. The molecule has 2 heterocycles. The SMILES string of the molecule is COc1ccc(CN(C(=O)c2ccco2)[C@@H]2C[C@H](C)N(C)C[C@H]2C)cc1. The molecule has 5 nitrogen and oxygen atoms in total. The van der Waals surface area contributed by atoms with Crippen molar-refractivity contribution in [2.75, 3.05) is 20.7 Å². The zero-order chi connectivity index (χ0) is 18.7. The number of methoxy groups -OCH3 is 1. The van der Waals surface area contributed by atoms with E-state index in [-0.39, 0.29) is 11.9 Å². The Morgan fingerprint density at radius 2 is 2.00 bits per heavy atom. The van der Waals surface area contributed by atoms with Crippen LogP contribution in [0.2, 0.25) is 0 Å². The highest BCUT2D eigenvalue weighted by Crippen LogP contribution is 2.28. The lowest BCUT2D eigenvalue weighted by atomic mass is 9.88. The number of piperidine rings is 1. The third-order valence-electron chi connectivity index (χ3n) is 5.47. The van der Waals surface area contributed by atoms with Crippen molar-refractivity contribution in [3.63, 3.8) is 0 Å². The number of hydrogen-bond donors (Lipinski definition) is 0. The number of ether oxygens (including phenoxy) is 1. The van der Waals surface area contributed by atoms with E-state index in [1.54, 1.807) is 25.5 Å². The summed E-state index contributed by atoms with van der Waals surface area (Å²) in [5.74, 6) is 1.57. The van der Waals surface area contributed by atoms with Crippen molar-refractivity contribution in [1.29, 1.82) is 0 Å². The third-order valence-corrected chi connectivity index (χ3v) is 5.47. The largest absolute Gasteiger partial charge is 0.497 e. The molecule has 0 bridgehead atoms. The molecule has 0 spiro atoms. The Bertz CT molecular complexity index is 711. The van der Waals surface area contributed by atoms with E-state index in [0.717, 1.165) is 24.3 Å². The zero-order valence-corrected chi connectivity index (χ0v) is 16.0. The van der Waals surface area contributed by atoms with E-state index < -0.39 is 0 Å². The highest BCUT2D eigenvalue weighted by atomic mass is 16.5. The number of amides is 1. The van der Waals surface area contributed by atoms with Gasteiger partial charge in [0.25, 0.3) is 5.91 Å². The summed E-state index contributed by atoms with van der Waals surface area (Å²) in [6.07, 6.45) is 2.51. The zero-order valence-electron chi connectivity index (χ0n) is 16.0. The molecule has 0 aliphatic carbocycles. The molecule has 0 unspecified atom stereocenters. The van der Waals surface area contributed by atoms with Crippen molar-refractivity contribution in [2.45, 2.75) is 38.9 Å². The standard InChI is InChI=1S/C21H28N2O3/c1-15-13-22(3)16(2)12-19(15)23(21(24)20-6-5-11-26-20)14-17-7-9-18(25-4)10-8-17/h5-11,15-16,19H,12-14H2,1-4H3/t15-,16+,19-/m1/s1. The van der Waals surface area contributed by atoms with Gasteiger partial charge in [-0.1, -0.05) is 19.1 Å². The van der Waals surface area contributed by atoms with Crippen LogP contribution in [0, 0.1) is 5.92 Å². The highest BCUT2D eigenvalue weighted by molar-refractivity contribution is 5.91. The molecule has 0 N–H and O–H groups in total. The van der Waals surface area contributed by atoms with Crippen molar-refractivity contribution in [2.24, 2.45) is 5.92 Å². The lowest BCUT2D eigenvalue weighted by Gasteiger charge is -2.44.